The number of amides is 1. The van der Waals surface area contributed by atoms with Crippen molar-refractivity contribution in [2.75, 3.05) is 25.5 Å². The summed E-state index contributed by atoms with van der Waals surface area (Å²) in [5.41, 5.74) is 1.30. The van der Waals surface area contributed by atoms with Gasteiger partial charge in [0.1, 0.15) is 22.8 Å². The Morgan fingerprint density at radius 3 is 2.83 bits per heavy atom. The smallest absolute Gasteiger partial charge is 0.387 e. The summed E-state index contributed by atoms with van der Waals surface area (Å²) in [6, 6.07) is 6.38. The Kier molecular flexibility index (Phi) is 6.59. The van der Waals surface area contributed by atoms with Crippen LogP contribution < -0.4 is 14.8 Å². The lowest BCUT2D eigenvalue weighted by Crippen LogP contribution is -2.16. The van der Waals surface area contributed by atoms with E-state index >= 15 is 0 Å². The number of carbonyl (C=O) groups excluding carboxylic acids is 1. The molecule has 1 fully saturated rings. The van der Waals surface area contributed by atoms with Gasteiger partial charge in [0.2, 0.25) is 0 Å². The van der Waals surface area contributed by atoms with E-state index in [9.17, 15) is 13.6 Å². The number of nitrogens with one attached hydrogen (secondary N) is 1. The van der Waals surface area contributed by atoms with E-state index in [2.05, 4.69) is 37.5 Å². The van der Waals surface area contributed by atoms with Gasteiger partial charge in [-0.25, -0.2) is 9.50 Å². The van der Waals surface area contributed by atoms with Crippen molar-refractivity contribution in [1.29, 1.82) is 0 Å². The number of rotatable bonds is 8. The van der Waals surface area contributed by atoms with Crippen molar-refractivity contribution in [2.24, 2.45) is 7.05 Å². The molecule has 5 aromatic rings. The molecule has 1 amide bonds. The van der Waals surface area contributed by atoms with Crippen molar-refractivity contribution >= 4 is 17.2 Å². The summed E-state index contributed by atoms with van der Waals surface area (Å²) in [6.45, 7) is -1.18. The highest BCUT2D eigenvalue weighted by molar-refractivity contribution is 6.09. The van der Waals surface area contributed by atoms with Crippen molar-refractivity contribution in [3.63, 3.8) is 0 Å². The molecule has 1 aliphatic heterocycles. The minimum Gasteiger partial charge on any atom is -0.454 e. The largest absolute Gasteiger partial charge is 0.454 e. The molecule has 0 bridgehead atoms. The number of carbonyl (C=O) groups is 1. The number of halogens is 2. The lowest BCUT2D eigenvalue weighted by molar-refractivity contribution is -0.0494. The predicted molar refractivity (Wildman–Crippen MR) is 140 cm³/mol. The zero-order valence-corrected chi connectivity index (χ0v) is 21.6. The molecule has 40 heavy (non-hydrogen) atoms. The third-order valence-corrected chi connectivity index (χ3v) is 6.58. The van der Waals surface area contributed by atoms with Gasteiger partial charge in [-0.05, 0) is 44.3 Å². The normalized spacial score (nSPS) is 15.7. The van der Waals surface area contributed by atoms with Crippen LogP contribution in [0.25, 0.3) is 16.9 Å². The van der Waals surface area contributed by atoms with Gasteiger partial charge in [-0.3, -0.25) is 14.2 Å². The maximum atomic E-state index is 13.3. The molecule has 0 radical (unpaired) electrons. The fourth-order valence-corrected chi connectivity index (χ4v) is 4.75. The second kappa shape index (κ2) is 10.4. The summed E-state index contributed by atoms with van der Waals surface area (Å²) in [6.07, 6.45) is 10.6. The molecule has 6 rings (SSSR count). The third-order valence-electron chi connectivity index (χ3n) is 6.58. The van der Waals surface area contributed by atoms with Gasteiger partial charge in [-0.1, -0.05) is 0 Å². The van der Waals surface area contributed by atoms with Crippen molar-refractivity contribution in [2.45, 2.75) is 19.1 Å². The van der Waals surface area contributed by atoms with E-state index in [1.54, 1.807) is 37.9 Å². The van der Waals surface area contributed by atoms with Crippen LogP contribution in [0.2, 0.25) is 0 Å². The average Bonchev–Trinajstić information content (AvgIpc) is 3.71. The van der Waals surface area contributed by atoms with Crippen LogP contribution in [0.1, 0.15) is 22.8 Å². The second-order valence-corrected chi connectivity index (χ2v) is 9.46. The first-order chi connectivity index (χ1) is 19.3. The van der Waals surface area contributed by atoms with Crippen LogP contribution in [0.5, 0.6) is 17.2 Å². The zero-order valence-electron chi connectivity index (χ0n) is 21.6. The Morgan fingerprint density at radius 2 is 2.02 bits per heavy atom. The van der Waals surface area contributed by atoms with Crippen molar-refractivity contribution in [1.82, 2.24) is 39.1 Å². The minimum absolute atomic E-state index is 0.126. The molecule has 1 aromatic carbocycles. The molecule has 5 heterocycles. The molecule has 1 N–H and O–H groups in total. The molecule has 0 aliphatic carbocycles. The van der Waals surface area contributed by atoms with E-state index in [-0.39, 0.29) is 34.3 Å². The van der Waals surface area contributed by atoms with E-state index < -0.39 is 12.5 Å². The number of anilines is 1. The van der Waals surface area contributed by atoms with Gasteiger partial charge in [-0.15, -0.1) is 0 Å². The van der Waals surface area contributed by atoms with Gasteiger partial charge in [0.15, 0.2) is 11.4 Å². The van der Waals surface area contributed by atoms with E-state index in [0.29, 0.717) is 17.1 Å². The number of likely N-dealkylation sites (tertiary alicyclic amines) is 1. The molecule has 1 aliphatic rings. The van der Waals surface area contributed by atoms with Crippen molar-refractivity contribution < 1.29 is 23.0 Å². The zero-order chi connectivity index (χ0) is 27.8. The summed E-state index contributed by atoms with van der Waals surface area (Å²) in [5.74, 6) is 0.239. The molecule has 14 heteroatoms. The number of likely N-dealkylation sites (N-methyl/N-ethyl adjacent to an activating group) is 1. The van der Waals surface area contributed by atoms with E-state index in [1.165, 1.54) is 33.6 Å². The number of aromatic nitrogens is 7. The van der Waals surface area contributed by atoms with Gasteiger partial charge in [0, 0.05) is 32.2 Å². The van der Waals surface area contributed by atoms with Crippen LogP contribution in [0.15, 0.2) is 61.4 Å². The number of hydrogen-bond donors (Lipinski definition) is 1. The number of nitrogens with zero attached hydrogens (tertiary/aromatic N) is 8. The number of benzene rings is 1. The van der Waals surface area contributed by atoms with Crippen LogP contribution in [-0.4, -0.2) is 71.7 Å². The van der Waals surface area contributed by atoms with Crippen molar-refractivity contribution in [3.8, 4) is 28.5 Å². The van der Waals surface area contributed by atoms with Gasteiger partial charge in [0.05, 0.1) is 35.9 Å². The summed E-state index contributed by atoms with van der Waals surface area (Å²) >= 11 is 0. The maximum absolute atomic E-state index is 13.3. The quantitative estimate of drug-likeness (QED) is 0.310. The van der Waals surface area contributed by atoms with Gasteiger partial charge in [0.25, 0.3) is 5.91 Å². The molecule has 4 aromatic heterocycles. The fourth-order valence-electron chi connectivity index (χ4n) is 4.75. The summed E-state index contributed by atoms with van der Waals surface area (Å²) in [7, 11) is 3.72. The van der Waals surface area contributed by atoms with E-state index in [4.69, 9.17) is 9.47 Å². The Morgan fingerprint density at radius 1 is 1.15 bits per heavy atom. The van der Waals surface area contributed by atoms with Crippen LogP contribution >= 0.6 is 0 Å². The topological polar surface area (TPSA) is 117 Å². The highest BCUT2D eigenvalue weighted by atomic mass is 19.3. The average molecular weight is 550 g/mol. The monoisotopic (exact) mass is 549 g/mol. The molecule has 12 nitrogen and oxygen atoms in total. The van der Waals surface area contributed by atoms with Crippen LogP contribution in [0.3, 0.4) is 0 Å². The second-order valence-electron chi connectivity index (χ2n) is 9.46. The van der Waals surface area contributed by atoms with Crippen LogP contribution in [-0.2, 0) is 7.05 Å². The number of ether oxygens (including phenoxy) is 2. The Labute approximate surface area is 226 Å². The van der Waals surface area contributed by atoms with Gasteiger partial charge < -0.3 is 19.7 Å². The molecule has 1 atom stereocenters. The summed E-state index contributed by atoms with van der Waals surface area (Å²) in [4.78, 5) is 19.6. The fraction of sp³-hybridized carbons (Fsp3) is 0.269. The van der Waals surface area contributed by atoms with Crippen molar-refractivity contribution in [3.05, 3.63) is 67.0 Å². The first kappa shape index (κ1) is 25.4. The standard InChI is InChI=1S/C26H25F2N9O3/c1-34-9-6-16(13-34)37-14-18(11-30-37)39-17-4-5-22(40-26(27)28)19(10-17)23-21(15-35(2)33-23)32-25(38)20-12-31-36-8-3-7-29-24(20)36/h3-5,7-8,10-12,14-16,26H,6,9,13H2,1-2H3,(H,32,38). The minimum atomic E-state index is -3.07. The molecule has 206 valence electrons. The summed E-state index contributed by atoms with van der Waals surface area (Å²) < 4.78 is 42.2. The molecule has 1 unspecified atom stereocenters. The maximum Gasteiger partial charge on any atom is 0.387 e. The first-order valence-corrected chi connectivity index (χ1v) is 12.5. The highest BCUT2D eigenvalue weighted by Gasteiger charge is 2.24. The third kappa shape index (κ3) is 5.08. The number of aryl methyl sites for hydroxylation is 1. The Hall–Kier alpha value is -4.85. The highest BCUT2D eigenvalue weighted by Crippen LogP contribution is 2.39. The van der Waals surface area contributed by atoms with Gasteiger partial charge >= 0.3 is 6.61 Å². The van der Waals surface area contributed by atoms with E-state index in [1.807, 2.05) is 10.9 Å². The lowest BCUT2D eigenvalue weighted by Gasteiger charge is -2.13. The Bertz CT molecular complexity index is 1680. The predicted octanol–water partition coefficient (Wildman–Crippen LogP) is 3.85. The molecule has 0 saturated carbocycles. The molecular weight excluding hydrogens is 524 g/mol. The SMILES string of the molecule is CN1CCC(n2cc(Oc3ccc(OC(F)F)c(-c4nn(C)cc4NC(=O)c4cnn5cccnc45)c3)cn2)C1. The molecule has 1 saturated heterocycles. The van der Waals surface area contributed by atoms with Gasteiger partial charge in [-0.2, -0.15) is 24.1 Å². The molecule has 0 spiro atoms. The van der Waals surface area contributed by atoms with E-state index in [0.717, 1.165) is 19.5 Å². The first-order valence-electron chi connectivity index (χ1n) is 12.5. The number of fused-ring (bicyclic) bond motifs is 1. The van der Waals surface area contributed by atoms with Crippen LogP contribution in [0, 0.1) is 0 Å². The molecular formula is C26H25F2N9O3. The van der Waals surface area contributed by atoms with Crippen LogP contribution in [0.4, 0.5) is 14.5 Å². The number of hydrogen-bond acceptors (Lipinski definition) is 8. The number of alkyl halides is 2. The lowest BCUT2D eigenvalue weighted by atomic mass is 10.1. The Balaban J connectivity index is 1.31. The summed E-state index contributed by atoms with van der Waals surface area (Å²) in [5, 5.41) is 15.8.